The normalized spacial score (nSPS) is 10.4. The monoisotopic (exact) mass is 399 g/mol. The third-order valence-electron chi connectivity index (χ3n) is 3.68. The van der Waals surface area contributed by atoms with Gasteiger partial charge in [0, 0.05) is 6.08 Å². The second-order valence-corrected chi connectivity index (χ2v) is 5.80. The second kappa shape index (κ2) is 12.1. The number of benzene rings is 2. The number of para-hydroxylation sites is 1. The van der Waals surface area contributed by atoms with Gasteiger partial charge in [-0.3, -0.25) is 4.79 Å². The lowest BCUT2D eigenvalue weighted by molar-refractivity contribution is -0.143. The highest BCUT2D eigenvalue weighted by atomic mass is 16.5. The molecule has 0 radical (unpaired) electrons. The fourth-order valence-electron chi connectivity index (χ4n) is 2.34. The van der Waals surface area contributed by atoms with Crippen molar-refractivity contribution < 1.29 is 28.5 Å². The van der Waals surface area contributed by atoms with E-state index in [-0.39, 0.29) is 6.61 Å². The van der Waals surface area contributed by atoms with E-state index < -0.39 is 11.9 Å². The Bertz CT molecular complexity index is 819. The second-order valence-electron chi connectivity index (χ2n) is 5.80. The molecule has 0 unspecified atom stereocenters. The zero-order valence-electron chi connectivity index (χ0n) is 16.6. The third kappa shape index (κ3) is 7.96. The number of carbonyl (C=O) groups is 2. The van der Waals surface area contributed by atoms with Gasteiger partial charge in [-0.2, -0.15) is 0 Å². The number of nitrogens with one attached hydrogen (secondary N) is 1. The fraction of sp³-hybridized carbons (Fsp3) is 0.273. The highest BCUT2D eigenvalue weighted by Gasteiger charge is 2.06. The molecular weight excluding hydrogens is 374 g/mol. The lowest BCUT2D eigenvalue weighted by Gasteiger charge is -2.09. The molecule has 0 bridgehead atoms. The highest BCUT2D eigenvalue weighted by molar-refractivity contribution is 5.89. The van der Waals surface area contributed by atoms with Gasteiger partial charge in [0.15, 0.2) is 18.1 Å². The molecule has 0 aliphatic carbocycles. The molecule has 0 spiro atoms. The van der Waals surface area contributed by atoms with Crippen LogP contribution in [0.2, 0.25) is 0 Å². The van der Waals surface area contributed by atoms with Crippen LogP contribution in [-0.2, 0) is 14.3 Å². The summed E-state index contributed by atoms with van der Waals surface area (Å²) < 4.78 is 21.1. The van der Waals surface area contributed by atoms with Crippen LogP contribution in [-0.4, -0.2) is 45.4 Å². The Kier molecular flexibility index (Phi) is 9.08. The van der Waals surface area contributed by atoms with Gasteiger partial charge in [-0.05, 0) is 42.8 Å². The molecule has 0 atom stereocenters. The minimum atomic E-state index is -0.617. The van der Waals surface area contributed by atoms with Gasteiger partial charge in [0.25, 0.3) is 5.91 Å². The van der Waals surface area contributed by atoms with E-state index in [1.54, 1.807) is 31.4 Å². The number of amides is 1. The first-order valence-electron chi connectivity index (χ1n) is 9.22. The summed E-state index contributed by atoms with van der Waals surface area (Å²) in [5.41, 5.74) is 0.741. The van der Waals surface area contributed by atoms with Crippen LogP contribution in [0.4, 0.5) is 0 Å². The van der Waals surface area contributed by atoms with Crippen LogP contribution in [0.15, 0.2) is 54.6 Å². The van der Waals surface area contributed by atoms with Crippen LogP contribution >= 0.6 is 0 Å². The molecule has 154 valence electrons. The molecule has 2 aromatic carbocycles. The maximum atomic E-state index is 11.8. The number of esters is 1. The molecule has 0 heterocycles. The molecular formula is C22H25NO6. The smallest absolute Gasteiger partial charge is 0.331 e. The van der Waals surface area contributed by atoms with Crippen molar-refractivity contribution in [3.8, 4) is 17.2 Å². The van der Waals surface area contributed by atoms with Gasteiger partial charge >= 0.3 is 5.97 Å². The zero-order valence-corrected chi connectivity index (χ0v) is 16.6. The van der Waals surface area contributed by atoms with Crippen LogP contribution in [0, 0.1) is 0 Å². The van der Waals surface area contributed by atoms with Crippen molar-refractivity contribution in [2.45, 2.75) is 6.92 Å². The molecule has 0 aliphatic rings. The fourth-order valence-corrected chi connectivity index (χ4v) is 2.34. The average Bonchev–Trinajstić information content (AvgIpc) is 2.75. The average molecular weight is 399 g/mol. The third-order valence-corrected chi connectivity index (χ3v) is 3.68. The predicted molar refractivity (Wildman–Crippen MR) is 109 cm³/mol. The molecule has 0 aliphatic heterocycles. The molecule has 0 saturated carbocycles. The van der Waals surface area contributed by atoms with E-state index in [0.717, 1.165) is 11.3 Å². The SMILES string of the molecule is CCOc1ccc(/C=C/C(=O)OCC(=O)NCCOc2ccccc2)cc1OC. The minimum Gasteiger partial charge on any atom is -0.493 e. The van der Waals surface area contributed by atoms with Crippen molar-refractivity contribution in [2.75, 3.05) is 33.5 Å². The first-order chi connectivity index (χ1) is 14.1. The first kappa shape index (κ1) is 21.8. The maximum Gasteiger partial charge on any atom is 0.331 e. The Morgan fingerprint density at radius 1 is 1.03 bits per heavy atom. The van der Waals surface area contributed by atoms with E-state index in [2.05, 4.69) is 5.32 Å². The van der Waals surface area contributed by atoms with Crippen molar-refractivity contribution in [1.29, 1.82) is 0 Å². The topological polar surface area (TPSA) is 83.1 Å². The zero-order chi connectivity index (χ0) is 20.9. The summed E-state index contributed by atoms with van der Waals surface area (Å²) in [6.45, 7) is 2.69. The molecule has 7 heteroatoms. The lowest BCUT2D eigenvalue weighted by atomic mass is 10.2. The van der Waals surface area contributed by atoms with Gasteiger partial charge in [0.1, 0.15) is 12.4 Å². The maximum absolute atomic E-state index is 11.8. The molecule has 7 nitrogen and oxygen atoms in total. The molecule has 1 amide bonds. The first-order valence-corrected chi connectivity index (χ1v) is 9.22. The Labute approximate surface area is 170 Å². The number of hydrogen-bond donors (Lipinski definition) is 1. The Hall–Kier alpha value is -3.48. The van der Waals surface area contributed by atoms with Gasteiger partial charge < -0.3 is 24.3 Å². The van der Waals surface area contributed by atoms with E-state index >= 15 is 0 Å². The van der Waals surface area contributed by atoms with Crippen LogP contribution in [0.5, 0.6) is 17.2 Å². The number of carbonyl (C=O) groups excluding carboxylic acids is 2. The van der Waals surface area contributed by atoms with Crippen molar-refractivity contribution in [2.24, 2.45) is 0 Å². The summed E-state index contributed by atoms with van der Waals surface area (Å²) in [5, 5.41) is 2.62. The van der Waals surface area contributed by atoms with Gasteiger partial charge in [-0.1, -0.05) is 24.3 Å². The van der Waals surface area contributed by atoms with Gasteiger partial charge in [-0.15, -0.1) is 0 Å². The van der Waals surface area contributed by atoms with Crippen LogP contribution in [0.3, 0.4) is 0 Å². The Balaban J connectivity index is 1.69. The molecule has 0 saturated heterocycles. The molecule has 1 N–H and O–H groups in total. The number of hydrogen-bond acceptors (Lipinski definition) is 6. The number of methoxy groups -OCH3 is 1. The molecule has 0 aromatic heterocycles. The van der Waals surface area contributed by atoms with Gasteiger partial charge in [0.2, 0.25) is 0 Å². The quantitative estimate of drug-likeness (QED) is 0.355. The van der Waals surface area contributed by atoms with E-state index in [1.807, 2.05) is 37.3 Å². The molecule has 2 rings (SSSR count). The van der Waals surface area contributed by atoms with E-state index in [1.165, 1.54) is 6.08 Å². The predicted octanol–water partition coefficient (Wildman–Crippen LogP) is 2.85. The summed E-state index contributed by atoms with van der Waals surface area (Å²) in [6, 6.07) is 14.6. The van der Waals surface area contributed by atoms with Crippen molar-refractivity contribution in [3.63, 3.8) is 0 Å². The summed E-state index contributed by atoms with van der Waals surface area (Å²) in [5.74, 6) is 0.908. The van der Waals surface area contributed by atoms with Crippen LogP contribution in [0.25, 0.3) is 6.08 Å². The summed E-state index contributed by atoms with van der Waals surface area (Å²) in [4.78, 5) is 23.5. The summed E-state index contributed by atoms with van der Waals surface area (Å²) in [7, 11) is 1.54. The van der Waals surface area contributed by atoms with Crippen LogP contribution < -0.4 is 19.5 Å². The van der Waals surface area contributed by atoms with Crippen molar-refractivity contribution in [1.82, 2.24) is 5.32 Å². The van der Waals surface area contributed by atoms with E-state index in [9.17, 15) is 9.59 Å². The highest BCUT2D eigenvalue weighted by Crippen LogP contribution is 2.28. The lowest BCUT2D eigenvalue weighted by Crippen LogP contribution is -2.31. The molecule has 29 heavy (non-hydrogen) atoms. The Morgan fingerprint density at radius 3 is 2.55 bits per heavy atom. The number of ether oxygens (including phenoxy) is 4. The molecule has 2 aromatic rings. The van der Waals surface area contributed by atoms with Crippen molar-refractivity contribution >= 4 is 18.0 Å². The molecule has 0 fully saturated rings. The van der Waals surface area contributed by atoms with Crippen LogP contribution in [0.1, 0.15) is 12.5 Å². The van der Waals surface area contributed by atoms with Gasteiger partial charge in [0.05, 0.1) is 20.3 Å². The largest absolute Gasteiger partial charge is 0.493 e. The standard InChI is InChI=1S/C22H25NO6/c1-3-27-19-11-9-17(15-20(19)26-2)10-12-22(25)29-16-21(24)23-13-14-28-18-7-5-4-6-8-18/h4-12,15H,3,13-14,16H2,1-2H3,(H,23,24)/b12-10+. The van der Waals surface area contributed by atoms with Gasteiger partial charge in [-0.25, -0.2) is 4.79 Å². The Morgan fingerprint density at radius 2 is 1.83 bits per heavy atom. The number of rotatable bonds is 11. The minimum absolute atomic E-state index is 0.313. The summed E-state index contributed by atoms with van der Waals surface area (Å²) >= 11 is 0. The summed E-state index contributed by atoms with van der Waals surface area (Å²) in [6.07, 6.45) is 2.83. The van der Waals surface area contributed by atoms with Crippen molar-refractivity contribution in [3.05, 3.63) is 60.2 Å². The van der Waals surface area contributed by atoms with E-state index in [0.29, 0.717) is 31.3 Å². The van der Waals surface area contributed by atoms with E-state index in [4.69, 9.17) is 18.9 Å².